The fourth-order valence-electron chi connectivity index (χ4n) is 2.11. The van der Waals surface area contributed by atoms with Crippen molar-refractivity contribution in [2.45, 2.75) is 26.8 Å². The summed E-state index contributed by atoms with van der Waals surface area (Å²) in [6, 6.07) is 7.11. The van der Waals surface area contributed by atoms with Gasteiger partial charge < -0.3 is 16.0 Å². The first-order valence-corrected chi connectivity index (χ1v) is 6.53. The second-order valence-corrected chi connectivity index (χ2v) is 6.05. The lowest BCUT2D eigenvalue weighted by atomic mass is 9.84. The molecule has 4 nitrogen and oxygen atoms in total. The van der Waals surface area contributed by atoms with Crippen molar-refractivity contribution in [1.82, 2.24) is 10.2 Å². The molecule has 1 amide bonds. The number of amides is 1. The van der Waals surface area contributed by atoms with Crippen molar-refractivity contribution < 1.29 is 4.79 Å². The van der Waals surface area contributed by atoms with E-state index >= 15 is 0 Å². The van der Waals surface area contributed by atoms with Gasteiger partial charge in [0, 0.05) is 23.8 Å². The van der Waals surface area contributed by atoms with Crippen LogP contribution in [-0.4, -0.2) is 37.5 Å². The number of carbonyl (C=O) groups excluding carboxylic acids is 1. The average molecular weight is 336 g/mol. The van der Waals surface area contributed by atoms with Gasteiger partial charge in [0.15, 0.2) is 0 Å². The Labute approximate surface area is 140 Å². The quantitative estimate of drug-likeness (QED) is 0.813. The predicted molar refractivity (Wildman–Crippen MR) is 94.6 cm³/mol. The zero-order valence-corrected chi connectivity index (χ0v) is 15.0. The van der Waals surface area contributed by atoms with Crippen LogP contribution in [0.5, 0.6) is 0 Å². The normalized spacial score (nSPS) is 12.1. The van der Waals surface area contributed by atoms with E-state index in [1.165, 1.54) is 0 Å². The molecule has 0 saturated carbocycles. The van der Waals surface area contributed by atoms with Gasteiger partial charge in [0.25, 0.3) is 5.91 Å². The van der Waals surface area contributed by atoms with Crippen LogP contribution >= 0.6 is 24.8 Å². The number of halogens is 2. The van der Waals surface area contributed by atoms with Gasteiger partial charge in [-0.3, -0.25) is 4.79 Å². The van der Waals surface area contributed by atoms with Gasteiger partial charge in [-0.05, 0) is 44.6 Å². The topological polar surface area (TPSA) is 58.4 Å². The van der Waals surface area contributed by atoms with Crippen molar-refractivity contribution >= 4 is 36.4 Å². The van der Waals surface area contributed by atoms with Crippen LogP contribution in [-0.2, 0) is 0 Å². The van der Waals surface area contributed by atoms with E-state index < -0.39 is 0 Å². The van der Waals surface area contributed by atoms with Gasteiger partial charge in [0.05, 0.1) is 0 Å². The summed E-state index contributed by atoms with van der Waals surface area (Å²) in [7, 11) is 4.07. The lowest BCUT2D eigenvalue weighted by molar-refractivity contribution is 0.0885. The molecule has 0 aliphatic rings. The average Bonchev–Trinajstić information content (AvgIpc) is 2.27. The van der Waals surface area contributed by atoms with Crippen molar-refractivity contribution in [2.24, 2.45) is 5.41 Å². The number of hydrogen-bond acceptors (Lipinski definition) is 3. The minimum Gasteiger partial charge on any atom is -0.399 e. The Hall–Kier alpha value is -0.970. The molecule has 1 aromatic carbocycles. The molecule has 3 N–H and O–H groups in total. The molecular weight excluding hydrogens is 309 g/mol. The van der Waals surface area contributed by atoms with Crippen molar-refractivity contribution in [1.29, 1.82) is 0 Å². The number of nitrogen functional groups attached to an aromatic ring is 1. The molecular formula is C15H27Cl2N3O. The van der Waals surface area contributed by atoms with Crippen molar-refractivity contribution in [3.8, 4) is 0 Å². The molecule has 1 unspecified atom stereocenters. The third kappa shape index (κ3) is 7.02. The summed E-state index contributed by atoms with van der Waals surface area (Å²) < 4.78 is 0. The molecule has 0 aliphatic heterocycles. The van der Waals surface area contributed by atoms with Gasteiger partial charge in [0.2, 0.25) is 0 Å². The highest BCUT2D eigenvalue weighted by Crippen LogP contribution is 2.21. The second kappa shape index (κ2) is 9.13. The molecule has 6 heteroatoms. The van der Waals surface area contributed by atoms with E-state index in [-0.39, 0.29) is 42.2 Å². The maximum absolute atomic E-state index is 12.2. The summed E-state index contributed by atoms with van der Waals surface area (Å²) in [5.74, 6) is -0.0772. The van der Waals surface area contributed by atoms with Crippen LogP contribution in [0.3, 0.4) is 0 Å². The molecule has 0 bridgehead atoms. The number of anilines is 1. The van der Waals surface area contributed by atoms with Crippen LogP contribution in [0.25, 0.3) is 0 Å². The summed E-state index contributed by atoms with van der Waals surface area (Å²) in [5.41, 5.74) is 6.90. The molecule has 122 valence electrons. The number of rotatable bonds is 5. The molecule has 0 radical (unpaired) electrons. The first-order chi connectivity index (χ1) is 8.72. The lowest BCUT2D eigenvalue weighted by Gasteiger charge is -2.34. The second-order valence-electron chi connectivity index (χ2n) is 6.05. The first kappa shape index (κ1) is 22.3. The summed E-state index contributed by atoms with van der Waals surface area (Å²) in [5, 5.41) is 3.05. The van der Waals surface area contributed by atoms with Crippen molar-refractivity contribution in [3.05, 3.63) is 29.8 Å². The largest absolute Gasteiger partial charge is 0.399 e. The van der Waals surface area contributed by atoms with E-state index in [2.05, 4.69) is 24.1 Å². The molecule has 0 spiro atoms. The van der Waals surface area contributed by atoms with Crippen LogP contribution in [0, 0.1) is 5.41 Å². The van der Waals surface area contributed by atoms with Gasteiger partial charge >= 0.3 is 0 Å². The minimum atomic E-state index is -0.0772. The van der Waals surface area contributed by atoms with Crippen LogP contribution in [0.4, 0.5) is 5.69 Å². The van der Waals surface area contributed by atoms with Gasteiger partial charge in [0.1, 0.15) is 0 Å². The van der Waals surface area contributed by atoms with E-state index in [9.17, 15) is 4.79 Å². The van der Waals surface area contributed by atoms with Gasteiger partial charge in [-0.15, -0.1) is 24.8 Å². The van der Waals surface area contributed by atoms with Gasteiger partial charge in [-0.25, -0.2) is 0 Å². The Kier molecular flexibility index (Phi) is 9.70. The highest BCUT2D eigenvalue weighted by Gasteiger charge is 2.28. The predicted octanol–water partition coefficient (Wildman–Crippen LogP) is 2.82. The highest BCUT2D eigenvalue weighted by molar-refractivity contribution is 5.95. The van der Waals surface area contributed by atoms with Crippen LogP contribution in [0.15, 0.2) is 24.3 Å². The minimum absolute atomic E-state index is 0. The zero-order chi connectivity index (χ0) is 14.6. The van der Waals surface area contributed by atoms with E-state index in [1.807, 2.05) is 21.0 Å². The maximum atomic E-state index is 12.2. The Morgan fingerprint density at radius 3 is 2.38 bits per heavy atom. The van der Waals surface area contributed by atoms with E-state index in [4.69, 9.17) is 5.73 Å². The van der Waals surface area contributed by atoms with Gasteiger partial charge in [-0.2, -0.15) is 0 Å². The number of nitrogens with one attached hydrogen (secondary N) is 1. The smallest absolute Gasteiger partial charge is 0.251 e. The fraction of sp³-hybridized carbons (Fsp3) is 0.533. The fourth-order valence-corrected chi connectivity index (χ4v) is 2.11. The number of carbonyl (C=O) groups is 1. The zero-order valence-electron chi connectivity index (χ0n) is 13.3. The Morgan fingerprint density at radius 2 is 1.90 bits per heavy atom. The van der Waals surface area contributed by atoms with E-state index in [0.717, 1.165) is 6.54 Å². The van der Waals surface area contributed by atoms with Crippen molar-refractivity contribution in [3.63, 3.8) is 0 Å². The summed E-state index contributed by atoms with van der Waals surface area (Å²) in [4.78, 5) is 14.3. The monoisotopic (exact) mass is 335 g/mol. The Balaban J connectivity index is 0. The molecule has 0 heterocycles. The third-order valence-corrected chi connectivity index (χ3v) is 3.39. The number of nitrogens with zero attached hydrogens (tertiary/aromatic N) is 1. The molecule has 1 aromatic rings. The molecule has 0 aliphatic carbocycles. The Morgan fingerprint density at radius 1 is 1.33 bits per heavy atom. The molecule has 1 rings (SSSR count). The van der Waals surface area contributed by atoms with E-state index in [0.29, 0.717) is 11.3 Å². The van der Waals surface area contributed by atoms with Crippen LogP contribution < -0.4 is 11.1 Å². The first-order valence-electron chi connectivity index (χ1n) is 6.53. The summed E-state index contributed by atoms with van der Waals surface area (Å²) in [6.07, 6.45) is 0. The lowest BCUT2D eigenvalue weighted by Crippen LogP contribution is -2.47. The number of nitrogens with two attached hydrogens (primary N) is 1. The van der Waals surface area contributed by atoms with Crippen LogP contribution in [0.1, 0.15) is 31.1 Å². The Bertz CT molecular complexity index is 450. The molecule has 0 fully saturated rings. The summed E-state index contributed by atoms with van der Waals surface area (Å²) >= 11 is 0. The third-order valence-electron chi connectivity index (χ3n) is 3.39. The van der Waals surface area contributed by atoms with Crippen LogP contribution in [0.2, 0.25) is 0 Å². The van der Waals surface area contributed by atoms with Crippen molar-refractivity contribution in [2.75, 3.05) is 26.4 Å². The number of benzene rings is 1. The summed E-state index contributed by atoms with van der Waals surface area (Å²) in [6.45, 7) is 7.24. The SMILES string of the molecule is CC(NC(=O)c1cccc(N)c1)C(C)(C)CN(C)C.Cl.Cl. The van der Waals surface area contributed by atoms with E-state index in [1.54, 1.807) is 24.3 Å². The molecule has 21 heavy (non-hydrogen) atoms. The standard InChI is InChI=1S/C15H25N3O.2ClH/c1-11(15(2,3)10-18(4)5)17-14(19)12-7-6-8-13(16)9-12;;/h6-9,11H,10,16H2,1-5H3,(H,17,19);2*1H. The highest BCUT2D eigenvalue weighted by atomic mass is 35.5. The molecule has 1 atom stereocenters. The van der Waals surface area contributed by atoms with Gasteiger partial charge in [-0.1, -0.05) is 19.9 Å². The molecule has 0 saturated heterocycles. The molecule has 0 aromatic heterocycles. The maximum Gasteiger partial charge on any atom is 0.251 e. The number of hydrogen-bond donors (Lipinski definition) is 2.